The van der Waals surface area contributed by atoms with Crippen LogP contribution in [0.25, 0.3) is 0 Å². The van der Waals surface area contributed by atoms with E-state index in [1.54, 1.807) is 0 Å². The molecule has 0 saturated heterocycles. The molecule has 0 radical (unpaired) electrons. The number of primary amides is 1. The highest BCUT2D eigenvalue weighted by Gasteiger charge is 2.60. The summed E-state index contributed by atoms with van der Waals surface area (Å²) in [4.78, 5) is 48.9. The van der Waals surface area contributed by atoms with Crippen LogP contribution in [0.15, 0.2) is 22.9 Å². The number of carbonyl (C=O) groups is 4. The van der Waals surface area contributed by atoms with Crippen LogP contribution in [0.2, 0.25) is 0 Å². The van der Waals surface area contributed by atoms with Crippen LogP contribution < -0.4 is 5.73 Å². The molecule has 0 aromatic heterocycles. The molecule has 190 valence electrons. The van der Waals surface area contributed by atoms with Crippen LogP contribution in [0.5, 0.6) is 0 Å². The highest BCUT2D eigenvalue weighted by atomic mass is 19.4. The van der Waals surface area contributed by atoms with Gasteiger partial charge in [0.15, 0.2) is 0 Å². The van der Waals surface area contributed by atoms with Crippen molar-refractivity contribution in [2.75, 3.05) is 13.1 Å². The van der Waals surface area contributed by atoms with Gasteiger partial charge in [-0.25, -0.2) is 4.39 Å². The second kappa shape index (κ2) is 9.27. The van der Waals surface area contributed by atoms with Crippen LogP contribution in [0.4, 0.5) is 26.3 Å². The monoisotopic (exact) mass is 501 g/mol. The first-order valence-corrected chi connectivity index (χ1v) is 9.74. The maximum absolute atomic E-state index is 14.0. The Morgan fingerprint density at radius 1 is 1.29 bits per heavy atom. The number of allylic oxidation sites excluding steroid dienone is 3. The number of aliphatic hydroxyl groups is 1. The molecule has 0 aromatic carbocycles. The Bertz CT molecular complexity index is 959. The lowest BCUT2D eigenvalue weighted by atomic mass is 9.99. The minimum Gasteiger partial charge on any atom is -0.462 e. The molecule has 2 unspecified atom stereocenters. The molecule has 3 amide bonds. The van der Waals surface area contributed by atoms with Gasteiger partial charge in [-0.05, 0) is 20.3 Å². The van der Waals surface area contributed by atoms with Crippen LogP contribution in [0, 0.1) is 0 Å². The van der Waals surface area contributed by atoms with Crippen LogP contribution >= 0.6 is 0 Å². The van der Waals surface area contributed by atoms with Gasteiger partial charge in [-0.15, -0.1) is 0 Å². The minimum atomic E-state index is -6.20. The van der Waals surface area contributed by atoms with Crippen LogP contribution in [0.3, 0.4) is 0 Å². The zero-order chi connectivity index (χ0) is 26.2. The summed E-state index contributed by atoms with van der Waals surface area (Å²) in [6, 6.07) is 0. The lowest BCUT2D eigenvalue weighted by Crippen LogP contribution is -2.59. The summed E-state index contributed by atoms with van der Waals surface area (Å²) in [5.74, 6) is -11.7. The van der Waals surface area contributed by atoms with Gasteiger partial charge in [-0.1, -0.05) is 0 Å². The second-order valence-corrected chi connectivity index (χ2v) is 7.83. The predicted molar refractivity (Wildman–Crippen MR) is 99.9 cm³/mol. The first kappa shape index (κ1) is 27.1. The third-order valence-corrected chi connectivity index (χ3v) is 5.24. The molecule has 2 atom stereocenters. The summed E-state index contributed by atoms with van der Waals surface area (Å²) in [6.45, 7) is -1.93. The number of amides is 3. The number of ether oxygens (including phenoxy) is 1. The van der Waals surface area contributed by atoms with Gasteiger partial charge in [0.05, 0.1) is 18.8 Å². The highest BCUT2D eigenvalue weighted by molar-refractivity contribution is 6.10. The smallest absolute Gasteiger partial charge is 0.455 e. The van der Waals surface area contributed by atoms with Crippen LogP contribution in [-0.4, -0.2) is 75.9 Å². The van der Waals surface area contributed by atoms with E-state index >= 15 is 0 Å². The van der Waals surface area contributed by atoms with Gasteiger partial charge in [0.1, 0.15) is 29.7 Å². The van der Waals surface area contributed by atoms with Gasteiger partial charge >= 0.3 is 12.1 Å². The summed E-state index contributed by atoms with van der Waals surface area (Å²) in [6.07, 6.45) is -8.13. The molecule has 34 heavy (non-hydrogen) atoms. The minimum absolute atomic E-state index is 0.0618. The summed E-state index contributed by atoms with van der Waals surface area (Å²) >= 11 is 0. The van der Waals surface area contributed by atoms with Gasteiger partial charge < -0.3 is 25.3 Å². The first-order chi connectivity index (χ1) is 15.5. The summed E-state index contributed by atoms with van der Waals surface area (Å²) in [5.41, 5.74) is 0.192. The molecule has 2 aliphatic rings. The molecule has 0 bridgehead atoms. The lowest BCUT2D eigenvalue weighted by molar-refractivity contribution is -0.284. The molecule has 0 fully saturated rings. The Morgan fingerprint density at radius 2 is 1.88 bits per heavy atom. The fraction of sp³-hybridized carbons (Fsp3) is 0.579. The van der Waals surface area contributed by atoms with Gasteiger partial charge in [0.2, 0.25) is 5.60 Å². The van der Waals surface area contributed by atoms with E-state index in [4.69, 9.17) is 10.5 Å². The fourth-order valence-electron chi connectivity index (χ4n) is 3.34. The number of halogens is 6. The van der Waals surface area contributed by atoms with E-state index in [1.807, 2.05) is 0 Å². The molecule has 0 aromatic rings. The number of nitrogens with two attached hydrogens (primary N) is 1. The molecule has 2 rings (SSSR count). The van der Waals surface area contributed by atoms with Crippen molar-refractivity contribution in [3.63, 3.8) is 0 Å². The summed E-state index contributed by atoms with van der Waals surface area (Å²) in [7, 11) is 0. The topological polar surface area (TPSA) is 130 Å². The Kier molecular flexibility index (Phi) is 7.40. The number of hydrogen-bond donors (Lipinski definition) is 2. The zero-order valence-electron chi connectivity index (χ0n) is 17.9. The van der Waals surface area contributed by atoms with E-state index in [-0.39, 0.29) is 30.6 Å². The van der Waals surface area contributed by atoms with E-state index in [0.29, 0.717) is 11.8 Å². The van der Waals surface area contributed by atoms with Crippen molar-refractivity contribution in [1.82, 2.24) is 9.80 Å². The highest BCUT2D eigenvalue weighted by Crippen LogP contribution is 2.40. The zero-order valence-corrected chi connectivity index (χ0v) is 17.9. The fourth-order valence-corrected chi connectivity index (χ4v) is 3.34. The Morgan fingerprint density at radius 3 is 2.38 bits per heavy atom. The van der Waals surface area contributed by atoms with Crippen LogP contribution in [0.1, 0.15) is 33.1 Å². The summed E-state index contributed by atoms with van der Waals surface area (Å²) in [5, 5.41) is 10.1. The van der Waals surface area contributed by atoms with Gasteiger partial charge in [-0.2, -0.15) is 22.0 Å². The van der Waals surface area contributed by atoms with Crippen molar-refractivity contribution in [3.05, 3.63) is 22.9 Å². The maximum atomic E-state index is 14.0. The Labute approximate surface area is 188 Å². The normalized spacial score (nSPS) is 21.4. The first-order valence-electron chi connectivity index (χ1n) is 9.74. The van der Waals surface area contributed by atoms with E-state index in [0.717, 1.165) is 6.92 Å². The van der Waals surface area contributed by atoms with Crippen molar-refractivity contribution in [2.24, 2.45) is 5.73 Å². The van der Waals surface area contributed by atoms with E-state index in [2.05, 4.69) is 0 Å². The molecule has 3 N–H and O–H groups in total. The molecule has 0 saturated carbocycles. The van der Waals surface area contributed by atoms with E-state index in [1.165, 1.54) is 0 Å². The van der Waals surface area contributed by atoms with Gasteiger partial charge in [0.25, 0.3) is 17.7 Å². The number of alkyl halides is 6. The van der Waals surface area contributed by atoms with Crippen molar-refractivity contribution in [2.45, 2.75) is 57.0 Å². The third kappa shape index (κ3) is 5.03. The molecular weight excluding hydrogens is 480 g/mol. The molecule has 1 aliphatic carbocycles. The van der Waals surface area contributed by atoms with Crippen molar-refractivity contribution in [1.29, 1.82) is 0 Å². The number of rotatable bonds is 7. The van der Waals surface area contributed by atoms with E-state index in [9.17, 15) is 50.6 Å². The Hall–Kier alpha value is -3.10. The van der Waals surface area contributed by atoms with Crippen LogP contribution in [-0.2, 0) is 23.9 Å². The molecule has 1 aliphatic heterocycles. The summed E-state index contributed by atoms with van der Waals surface area (Å²) < 4.78 is 86.3. The van der Waals surface area contributed by atoms with E-state index < -0.39 is 77.5 Å². The third-order valence-electron chi connectivity index (χ3n) is 5.24. The standard InChI is InChI=1S/C19H21F6N3O6/c1-9-13(14(30)27(5-6-29)11-7-10(20)3-4-12(11)34-9)28(8-18(21,22)19(23,24)25)16(32)17(2,33)15(26)31/h6,10,33H,3-5,7-8H2,1-2H3,(H2,26,31). The molecule has 15 heteroatoms. The maximum Gasteiger partial charge on any atom is 0.455 e. The quantitative estimate of drug-likeness (QED) is 0.307. The lowest BCUT2D eigenvalue weighted by Gasteiger charge is -2.34. The van der Waals surface area contributed by atoms with Crippen molar-refractivity contribution in [3.8, 4) is 0 Å². The average molecular weight is 501 g/mol. The van der Waals surface area contributed by atoms with Crippen molar-refractivity contribution < 1.29 is 55.4 Å². The largest absolute Gasteiger partial charge is 0.462 e. The number of aldehydes is 1. The molecule has 9 nitrogen and oxygen atoms in total. The number of hydrogen-bond acceptors (Lipinski definition) is 6. The van der Waals surface area contributed by atoms with Crippen molar-refractivity contribution >= 4 is 24.0 Å². The predicted octanol–water partition coefficient (Wildman–Crippen LogP) is 1.27. The Balaban J connectivity index is 2.71. The van der Waals surface area contributed by atoms with Gasteiger partial charge in [0, 0.05) is 12.8 Å². The molecular formula is C19H21F6N3O6. The number of carbonyl (C=O) groups excluding carboxylic acids is 4. The van der Waals surface area contributed by atoms with Gasteiger partial charge in [-0.3, -0.25) is 19.3 Å². The number of nitrogens with zero attached hydrogens (tertiary/aromatic N) is 2. The second-order valence-electron chi connectivity index (χ2n) is 7.83. The molecule has 0 spiro atoms. The average Bonchev–Trinajstić information content (AvgIpc) is 2.79. The SMILES string of the molecule is CC1=C(N(CC(F)(F)C(F)(F)F)C(=O)C(C)(O)C(N)=O)C(=O)N(CC=O)C2=C(CCC(F)C2)O1. The molecule has 1 heterocycles.